The smallest absolute Gasteiger partial charge is 0.251 e. The summed E-state index contributed by atoms with van der Waals surface area (Å²) in [7, 11) is 0. The van der Waals surface area contributed by atoms with Gasteiger partial charge in [0, 0.05) is 44.5 Å². The summed E-state index contributed by atoms with van der Waals surface area (Å²) < 4.78 is 55.7. The van der Waals surface area contributed by atoms with E-state index in [4.69, 9.17) is 5.73 Å². The van der Waals surface area contributed by atoms with Crippen LogP contribution in [0.2, 0.25) is 0 Å². The van der Waals surface area contributed by atoms with Crippen molar-refractivity contribution in [1.29, 1.82) is 0 Å². The van der Waals surface area contributed by atoms with Crippen molar-refractivity contribution < 1.29 is 27.2 Å². The fraction of sp³-hybridized carbons (Fsp3) is 0.167. The molecule has 4 rings (SSSR count). The molecule has 0 saturated heterocycles. The zero-order valence-electron chi connectivity index (χ0n) is 17.8. The van der Waals surface area contributed by atoms with Gasteiger partial charge in [0.2, 0.25) is 0 Å². The largest absolute Gasteiger partial charge is 0.348 e. The maximum atomic E-state index is 14.3. The van der Waals surface area contributed by atoms with Crippen molar-refractivity contribution in [3.8, 4) is 0 Å². The molecule has 0 fully saturated rings. The zero-order chi connectivity index (χ0) is 24.8. The second-order valence-corrected chi connectivity index (χ2v) is 9.23. The molecule has 34 heavy (non-hydrogen) atoms. The summed E-state index contributed by atoms with van der Waals surface area (Å²) in [5.41, 5.74) is 5.64. The van der Waals surface area contributed by atoms with E-state index in [0.29, 0.717) is 27.0 Å². The number of carbonyl (C=O) groups is 2. The minimum absolute atomic E-state index is 0.0988. The van der Waals surface area contributed by atoms with Crippen molar-refractivity contribution in [2.24, 2.45) is 5.73 Å². The molecule has 0 bridgehead atoms. The van der Waals surface area contributed by atoms with Crippen molar-refractivity contribution >= 4 is 40.1 Å². The van der Waals surface area contributed by atoms with E-state index in [1.807, 2.05) is 22.6 Å². The highest BCUT2D eigenvalue weighted by atomic mass is 127. The number of hydrogen-bond donors (Lipinski definition) is 2. The Kier molecular flexibility index (Phi) is 6.38. The lowest BCUT2D eigenvalue weighted by atomic mass is 9.94. The number of anilines is 1. The lowest BCUT2D eigenvalue weighted by molar-refractivity contribution is -0.122. The molecule has 1 heterocycles. The van der Waals surface area contributed by atoms with E-state index in [0.717, 1.165) is 0 Å². The van der Waals surface area contributed by atoms with Crippen LogP contribution in [-0.4, -0.2) is 11.8 Å². The van der Waals surface area contributed by atoms with Crippen molar-refractivity contribution in [2.45, 2.75) is 25.6 Å². The monoisotopic (exact) mass is 583 g/mol. The molecule has 3 aromatic rings. The molecule has 3 N–H and O–H groups in total. The first-order valence-corrected chi connectivity index (χ1v) is 11.2. The van der Waals surface area contributed by atoms with E-state index >= 15 is 0 Å². The van der Waals surface area contributed by atoms with Crippen LogP contribution < -0.4 is 16.0 Å². The molecule has 2 amide bonds. The highest BCUT2D eigenvalue weighted by molar-refractivity contribution is 14.1. The van der Waals surface area contributed by atoms with Crippen molar-refractivity contribution in [3.05, 3.63) is 97.6 Å². The van der Waals surface area contributed by atoms with Crippen LogP contribution in [0, 0.1) is 26.8 Å². The second kappa shape index (κ2) is 8.99. The third-order valence-electron chi connectivity index (χ3n) is 5.65. The average Bonchev–Trinajstić information content (AvgIpc) is 2.95. The van der Waals surface area contributed by atoms with Crippen LogP contribution in [0.3, 0.4) is 0 Å². The van der Waals surface area contributed by atoms with Crippen LogP contribution >= 0.6 is 22.6 Å². The summed E-state index contributed by atoms with van der Waals surface area (Å²) in [5, 5.41) is 2.40. The highest BCUT2D eigenvalue weighted by Gasteiger charge is 2.46. The zero-order valence-corrected chi connectivity index (χ0v) is 19.9. The predicted molar refractivity (Wildman–Crippen MR) is 126 cm³/mol. The van der Waals surface area contributed by atoms with Crippen molar-refractivity contribution in [3.63, 3.8) is 0 Å². The number of amides is 2. The number of nitrogens with one attached hydrogen (secondary N) is 1. The normalized spacial score (nSPS) is 17.1. The number of fused-ring (bicyclic) bond motifs is 1. The standard InChI is InChI=1S/C24H18F4IN3O2/c1-24(30)21-19(29)6-13(22(33)31-10-15-17(27)8-14(25)9-18(15)28)7-20(21)32(23(24)34)11-12-4-2-3-5-16(12)26/h2-9H,10-11,30H2,1H3,(H,31,33). The first-order chi connectivity index (χ1) is 16.0. The Morgan fingerprint density at radius 3 is 2.35 bits per heavy atom. The molecule has 5 nitrogen and oxygen atoms in total. The minimum Gasteiger partial charge on any atom is -0.348 e. The molecule has 10 heteroatoms. The van der Waals surface area contributed by atoms with Gasteiger partial charge in [0.25, 0.3) is 11.8 Å². The summed E-state index contributed by atoms with van der Waals surface area (Å²) in [6.45, 7) is 0.923. The van der Waals surface area contributed by atoms with Crippen LogP contribution in [0.4, 0.5) is 23.2 Å². The first-order valence-electron chi connectivity index (χ1n) is 10.1. The number of nitrogens with two attached hydrogens (primary N) is 1. The van der Waals surface area contributed by atoms with E-state index in [1.54, 1.807) is 12.1 Å². The molecule has 176 valence electrons. The number of halogens is 5. The Balaban J connectivity index is 1.66. The van der Waals surface area contributed by atoms with Crippen LogP contribution in [0.1, 0.15) is 34.0 Å². The van der Waals surface area contributed by atoms with E-state index in [9.17, 15) is 27.2 Å². The van der Waals surface area contributed by atoms with Gasteiger partial charge in [-0.15, -0.1) is 0 Å². The number of hydrogen-bond acceptors (Lipinski definition) is 3. The van der Waals surface area contributed by atoms with Gasteiger partial charge in [-0.3, -0.25) is 9.59 Å². The van der Waals surface area contributed by atoms with E-state index in [-0.39, 0.29) is 17.7 Å². The predicted octanol–water partition coefficient (Wildman–Crippen LogP) is 4.50. The van der Waals surface area contributed by atoms with Gasteiger partial charge in [-0.2, -0.15) is 0 Å². The molecule has 1 aliphatic heterocycles. The van der Waals surface area contributed by atoms with Gasteiger partial charge >= 0.3 is 0 Å². The Labute approximate surface area is 206 Å². The minimum atomic E-state index is -1.40. The van der Waals surface area contributed by atoms with Gasteiger partial charge in [0.1, 0.15) is 28.8 Å². The molecule has 0 aliphatic carbocycles. The molecule has 1 aliphatic rings. The van der Waals surface area contributed by atoms with E-state index in [1.165, 1.54) is 36.1 Å². The van der Waals surface area contributed by atoms with Gasteiger partial charge in [0.15, 0.2) is 0 Å². The maximum Gasteiger partial charge on any atom is 0.251 e. The van der Waals surface area contributed by atoms with Gasteiger partial charge in [-0.25, -0.2) is 17.6 Å². The third-order valence-corrected chi connectivity index (χ3v) is 6.50. The number of nitrogens with zero attached hydrogens (tertiary/aromatic N) is 1. The number of rotatable bonds is 5. The Morgan fingerprint density at radius 1 is 1.06 bits per heavy atom. The highest BCUT2D eigenvalue weighted by Crippen LogP contribution is 2.43. The van der Waals surface area contributed by atoms with Crippen LogP contribution in [0.25, 0.3) is 0 Å². The second-order valence-electron chi connectivity index (χ2n) is 8.07. The summed E-state index contributed by atoms with van der Waals surface area (Å²) in [4.78, 5) is 27.2. The molecule has 1 atom stereocenters. The molecule has 0 radical (unpaired) electrons. The topological polar surface area (TPSA) is 75.4 Å². The molecule has 0 spiro atoms. The summed E-state index contributed by atoms with van der Waals surface area (Å²) in [6, 6.07) is 9.97. The quantitative estimate of drug-likeness (QED) is 0.344. The summed E-state index contributed by atoms with van der Waals surface area (Å²) >= 11 is 1.95. The molecule has 3 aromatic carbocycles. The van der Waals surface area contributed by atoms with E-state index in [2.05, 4.69) is 5.32 Å². The number of carbonyl (C=O) groups excluding carboxylic acids is 2. The lowest BCUT2D eigenvalue weighted by Gasteiger charge is -2.20. The molecule has 0 saturated carbocycles. The maximum absolute atomic E-state index is 14.3. The Morgan fingerprint density at radius 2 is 1.71 bits per heavy atom. The average molecular weight is 583 g/mol. The summed E-state index contributed by atoms with van der Waals surface area (Å²) in [5.74, 6) is -4.94. The lowest BCUT2D eigenvalue weighted by Crippen LogP contribution is -2.44. The van der Waals surface area contributed by atoms with Gasteiger partial charge in [-0.05, 0) is 47.7 Å². The van der Waals surface area contributed by atoms with Crippen molar-refractivity contribution in [2.75, 3.05) is 4.90 Å². The molecule has 1 unspecified atom stereocenters. The van der Waals surface area contributed by atoms with Crippen LogP contribution in [-0.2, 0) is 23.4 Å². The SMILES string of the molecule is CC1(N)C(=O)N(Cc2ccccc2F)c2cc(C(=O)NCc3c(F)cc(F)cc3F)cc(I)c21. The fourth-order valence-corrected chi connectivity index (χ4v) is 5.08. The van der Waals surface area contributed by atoms with Crippen molar-refractivity contribution in [1.82, 2.24) is 5.32 Å². The van der Waals surface area contributed by atoms with Gasteiger partial charge < -0.3 is 16.0 Å². The summed E-state index contributed by atoms with van der Waals surface area (Å²) in [6.07, 6.45) is 0. The Bertz CT molecular complexity index is 1310. The first kappa shape index (κ1) is 24.1. The molecule has 0 aromatic heterocycles. The number of benzene rings is 3. The van der Waals surface area contributed by atoms with E-state index < -0.39 is 52.7 Å². The van der Waals surface area contributed by atoms with Crippen LogP contribution in [0.15, 0.2) is 48.5 Å². The Hall–Kier alpha value is -2.99. The fourth-order valence-electron chi connectivity index (χ4n) is 3.91. The third kappa shape index (κ3) is 4.27. The van der Waals surface area contributed by atoms with Gasteiger partial charge in [0.05, 0.1) is 12.2 Å². The molecular formula is C24H18F4IN3O2. The van der Waals surface area contributed by atoms with Gasteiger partial charge in [-0.1, -0.05) is 18.2 Å². The van der Waals surface area contributed by atoms with Crippen LogP contribution in [0.5, 0.6) is 0 Å². The molecular weight excluding hydrogens is 565 g/mol.